The van der Waals surface area contributed by atoms with Crippen LogP contribution in [0.15, 0.2) is 18.2 Å². The summed E-state index contributed by atoms with van der Waals surface area (Å²) in [4.78, 5) is 0. The van der Waals surface area contributed by atoms with Gasteiger partial charge in [-0.05, 0) is 24.1 Å². The zero-order valence-electron chi connectivity index (χ0n) is 8.63. The lowest BCUT2D eigenvalue weighted by molar-refractivity contribution is 0.475. The molecule has 1 aromatic carbocycles. The smallest absolute Gasteiger partial charge is 0.134 e. The van der Waals surface area contributed by atoms with Crippen LogP contribution in [0.1, 0.15) is 18.9 Å². The maximum absolute atomic E-state index is 9.23. The molecule has 0 heterocycles. The van der Waals surface area contributed by atoms with Gasteiger partial charge in [-0.15, -0.1) is 6.42 Å². The molecule has 0 radical (unpaired) electrons. The van der Waals surface area contributed by atoms with Crippen LogP contribution in [0.25, 0.3) is 0 Å². The molecule has 0 amide bonds. The van der Waals surface area contributed by atoms with E-state index in [9.17, 15) is 5.11 Å². The monoisotopic (exact) mass is 223 g/mol. The number of benzene rings is 1. The molecule has 1 unspecified atom stereocenters. The predicted molar refractivity (Wildman–Crippen MR) is 62.9 cm³/mol. The second kappa shape index (κ2) is 5.65. The number of halogens is 1. The molecule has 0 aliphatic rings. The number of aromatic hydroxyl groups is 1. The Labute approximate surface area is 95.3 Å². The van der Waals surface area contributed by atoms with Gasteiger partial charge in [0.05, 0.1) is 11.1 Å². The third-order valence-electron chi connectivity index (χ3n) is 2.17. The molecule has 1 atom stereocenters. The standard InChI is InChI=1S/C12H14ClNO/c1-3-10(4-2)14-8-9-5-6-12(15)11(13)7-9/h1,5-7,10,14-15H,4,8H2,2H3. The minimum absolute atomic E-state index is 0.0811. The van der Waals surface area contributed by atoms with Crippen molar-refractivity contribution in [3.05, 3.63) is 28.8 Å². The molecule has 0 fully saturated rings. The van der Waals surface area contributed by atoms with E-state index in [1.165, 1.54) is 0 Å². The minimum atomic E-state index is 0.0811. The van der Waals surface area contributed by atoms with Gasteiger partial charge in [0.15, 0.2) is 0 Å². The molecule has 3 heteroatoms. The fourth-order valence-corrected chi connectivity index (χ4v) is 1.43. The van der Waals surface area contributed by atoms with Gasteiger partial charge in [0.1, 0.15) is 5.75 Å². The quantitative estimate of drug-likeness (QED) is 0.769. The molecule has 0 aliphatic carbocycles. The van der Waals surface area contributed by atoms with Crippen LogP contribution in [-0.4, -0.2) is 11.1 Å². The average molecular weight is 224 g/mol. The first-order valence-electron chi connectivity index (χ1n) is 4.84. The third-order valence-corrected chi connectivity index (χ3v) is 2.48. The first-order chi connectivity index (χ1) is 7.17. The molecule has 2 nitrogen and oxygen atoms in total. The number of nitrogens with one attached hydrogen (secondary N) is 1. The molecule has 1 rings (SSSR count). The van der Waals surface area contributed by atoms with E-state index in [0.29, 0.717) is 11.6 Å². The van der Waals surface area contributed by atoms with E-state index in [1.807, 2.05) is 13.0 Å². The van der Waals surface area contributed by atoms with Crippen LogP contribution in [0, 0.1) is 12.3 Å². The van der Waals surface area contributed by atoms with Gasteiger partial charge in [0.25, 0.3) is 0 Å². The van der Waals surface area contributed by atoms with E-state index in [0.717, 1.165) is 12.0 Å². The van der Waals surface area contributed by atoms with Gasteiger partial charge >= 0.3 is 0 Å². The Morgan fingerprint density at radius 2 is 2.33 bits per heavy atom. The molecule has 15 heavy (non-hydrogen) atoms. The van der Waals surface area contributed by atoms with Crippen LogP contribution in [0.4, 0.5) is 0 Å². The first kappa shape index (κ1) is 11.9. The molecule has 0 saturated heterocycles. The Balaban J connectivity index is 2.59. The molecule has 0 aliphatic heterocycles. The van der Waals surface area contributed by atoms with E-state index >= 15 is 0 Å². The molecule has 0 saturated carbocycles. The lowest BCUT2D eigenvalue weighted by Gasteiger charge is -2.10. The van der Waals surface area contributed by atoms with E-state index in [-0.39, 0.29) is 11.8 Å². The van der Waals surface area contributed by atoms with Crippen LogP contribution in [-0.2, 0) is 6.54 Å². The van der Waals surface area contributed by atoms with Crippen molar-refractivity contribution in [3.63, 3.8) is 0 Å². The molecule has 0 aromatic heterocycles. The maximum Gasteiger partial charge on any atom is 0.134 e. The zero-order valence-corrected chi connectivity index (χ0v) is 9.38. The Morgan fingerprint density at radius 3 is 2.87 bits per heavy atom. The van der Waals surface area contributed by atoms with Crippen molar-refractivity contribution < 1.29 is 5.11 Å². The topological polar surface area (TPSA) is 32.3 Å². The predicted octanol–water partition coefficient (Wildman–Crippen LogP) is 2.55. The van der Waals surface area contributed by atoms with E-state index in [1.54, 1.807) is 12.1 Å². The fraction of sp³-hybridized carbons (Fsp3) is 0.333. The van der Waals surface area contributed by atoms with Crippen LogP contribution in [0.5, 0.6) is 5.75 Å². The van der Waals surface area contributed by atoms with Gasteiger partial charge in [0.2, 0.25) is 0 Å². The Hall–Kier alpha value is -1.17. The van der Waals surface area contributed by atoms with Gasteiger partial charge in [0, 0.05) is 6.54 Å². The van der Waals surface area contributed by atoms with Crippen LogP contribution >= 0.6 is 11.6 Å². The van der Waals surface area contributed by atoms with Crippen molar-refractivity contribution in [1.82, 2.24) is 5.32 Å². The van der Waals surface area contributed by atoms with Gasteiger partial charge < -0.3 is 5.11 Å². The van der Waals surface area contributed by atoms with E-state index < -0.39 is 0 Å². The lowest BCUT2D eigenvalue weighted by atomic mass is 10.2. The number of rotatable bonds is 4. The molecule has 1 aromatic rings. The van der Waals surface area contributed by atoms with E-state index in [4.69, 9.17) is 18.0 Å². The van der Waals surface area contributed by atoms with Gasteiger partial charge in [-0.1, -0.05) is 30.5 Å². The molecule has 2 N–H and O–H groups in total. The van der Waals surface area contributed by atoms with E-state index in [2.05, 4.69) is 11.2 Å². The molecular weight excluding hydrogens is 210 g/mol. The summed E-state index contributed by atoms with van der Waals surface area (Å²) in [5.74, 6) is 2.76. The summed E-state index contributed by atoms with van der Waals surface area (Å²) in [6.45, 7) is 2.68. The second-order valence-electron chi connectivity index (χ2n) is 3.29. The van der Waals surface area contributed by atoms with Crippen molar-refractivity contribution in [2.75, 3.05) is 0 Å². The zero-order chi connectivity index (χ0) is 11.3. The second-order valence-corrected chi connectivity index (χ2v) is 3.70. The fourth-order valence-electron chi connectivity index (χ4n) is 1.22. The van der Waals surface area contributed by atoms with Crippen molar-refractivity contribution in [2.45, 2.75) is 25.9 Å². The summed E-state index contributed by atoms with van der Waals surface area (Å²) in [6, 6.07) is 5.21. The third kappa shape index (κ3) is 3.47. The van der Waals surface area contributed by atoms with Crippen LogP contribution < -0.4 is 5.32 Å². The van der Waals surface area contributed by atoms with Crippen LogP contribution in [0.2, 0.25) is 5.02 Å². The number of phenolic OH excluding ortho intramolecular Hbond substituents is 1. The summed E-state index contributed by atoms with van der Waals surface area (Å²) in [5.41, 5.74) is 1.01. The first-order valence-corrected chi connectivity index (χ1v) is 5.22. The van der Waals surface area contributed by atoms with Crippen molar-refractivity contribution >= 4 is 11.6 Å². The molecule has 80 valence electrons. The minimum Gasteiger partial charge on any atom is -0.506 e. The highest BCUT2D eigenvalue weighted by Crippen LogP contribution is 2.23. The van der Waals surface area contributed by atoms with Crippen LogP contribution in [0.3, 0.4) is 0 Å². The SMILES string of the molecule is C#CC(CC)NCc1ccc(O)c(Cl)c1. The summed E-state index contributed by atoms with van der Waals surface area (Å²) in [7, 11) is 0. The Bertz CT molecular complexity index is 370. The number of phenols is 1. The van der Waals surface area contributed by atoms with Crippen molar-refractivity contribution in [3.8, 4) is 18.1 Å². The van der Waals surface area contributed by atoms with Gasteiger partial charge in [-0.2, -0.15) is 0 Å². The van der Waals surface area contributed by atoms with Crippen molar-refractivity contribution in [1.29, 1.82) is 0 Å². The average Bonchev–Trinajstić information content (AvgIpc) is 2.24. The molecule has 0 bridgehead atoms. The highest BCUT2D eigenvalue weighted by Gasteiger charge is 2.03. The van der Waals surface area contributed by atoms with Gasteiger partial charge in [-0.3, -0.25) is 5.32 Å². The normalized spacial score (nSPS) is 12.1. The number of hydrogen-bond donors (Lipinski definition) is 2. The molecule has 0 spiro atoms. The van der Waals surface area contributed by atoms with Gasteiger partial charge in [-0.25, -0.2) is 0 Å². The Morgan fingerprint density at radius 1 is 1.60 bits per heavy atom. The lowest BCUT2D eigenvalue weighted by Crippen LogP contribution is -2.26. The van der Waals surface area contributed by atoms with Crippen molar-refractivity contribution in [2.24, 2.45) is 0 Å². The summed E-state index contributed by atoms with van der Waals surface area (Å²) >= 11 is 5.78. The molecular formula is C12H14ClNO. The summed E-state index contributed by atoms with van der Waals surface area (Å²) < 4.78 is 0. The number of hydrogen-bond acceptors (Lipinski definition) is 2. The maximum atomic E-state index is 9.23. The number of terminal acetylenes is 1. The largest absolute Gasteiger partial charge is 0.506 e. The highest BCUT2D eigenvalue weighted by molar-refractivity contribution is 6.32. The Kier molecular flexibility index (Phi) is 4.48. The summed E-state index contributed by atoms with van der Waals surface area (Å²) in [6.07, 6.45) is 6.21. The summed E-state index contributed by atoms with van der Waals surface area (Å²) in [5, 5.41) is 12.8. The highest BCUT2D eigenvalue weighted by atomic mass is 35.5.